The number of aryl methyl sites for hydroxylation is 2. The standard InChI is InChI=1S/C14H19BrN2O.ClH/c1-9-6-12(7-10(2)13(9)15)17-14(18)11-4-3-5-16-8-11;/h6-7,11,16H,3-5,8H2,1-2H3,(H,17,18);1H. The molecule has 0 aromatic heterocycles. The van der Waals surface area contributed by atoms with Crippen molar-refractivity contribution in [2.24, 2.45) is 5.92 Å². The predicted molar refractivity (Wildman–Crippen MR) is 85.1 cm³/mol. The molecule has 1 heterocycles. The SMILES string of the molecule is Cc1cc(NC(=O)C2CCCNC2)cc(C)c1Br.Cl. The Bertz CT molecular complexity index is 436. The molecule has 1 fully saturated rings. The van der Waals surface area contributed by atoms with Gasteiger partial charge in [0.1, 0.15) is 0 Å². The van der Waals surface area contributed by atoms with Crippen LogP contribution in [0.3, 0.4) is 0 Å². The Morgan fingerprint density at radius 1 is 1.37 bits per heavy atom. The monoisotopic (exact) mass is 346 g/mol. The number of hydrogen-bond acceptors (Lipinski definition) is 2. The topological polar surface area (TPSA) is 41.1 Å². The Morgan fingerprint density at radius 2 is 2.00 bits per heavy atom. The zero-order valence-corrected chi connectivity index (χ0v) is 13.7. The highest BCUT2D eigenvalue weighted by atomic mass is 79.9. The Hall–Kier alpha value is -0.580. The molecular formula is C14H20BrClN2O. The van der Waals surface area contributed by atoms with Crippen LogP contribution in [0.1, 0.15) is 24.0 Å². The van der Waals surface area contributed by atoms with Crippen LogP contribution in [0.15, 0.2) is 16.6 Å². The molecule has 19 heavy (non-hydrogen) atoms. The number of carbonyl (C=O) groups is 1. The lowest BCUT2D eigenvalue weighted by molar-refractivity contribution is -0.120. The molecule has 1 aromatic carbocycles. The molecule has 2 N–H and O–H groups in total. The van der Waals surface area contributed by atoms with Crippen LogP contribution in [0, 0.1) is 19.8 Å². The average molecular weight is 348 g/mol. The molecule has 1 aromatic rings. The summed E-state index contributed by atoms with van der Waals surface area (Å²) >= 11 is 3.53. The summed E-state index contributed by atoms with van der Waals surface area (Å²) in [5.74, 6) is 0.228. The molecule has 0 saturated carbocycles. The van der Waals surface area contributed by atoms with E-state index in [1.165, 1.54) is 0 Å². The Kier molecular flexibility index (Phi) is 6.30. The zero-order valence-electron chi connectivity index (χ0n) is 11.3. The molecular weight excluding hydrogens is 328 g/mol. The Balaban J connectivity index is 0.00000180. The van der Waals surface area contributed by atoms with Crippen LogP contribution in [-0.4, -0.2) is 19.0 Å². The van der Waals surface area contributed by atoms with Crippen LogP contribution in [0.4, 0.5) is 5.69 Å². The molecule has 0 bridgehead atoms. The molecule has 5 heteroatoms. The average Bonchev–Trinajstić information content (AvgIpc) is 2.37. The maximum atomic E-state index is 12.1. The van der Waals surface area contributed by atoms with E-state index < -0.39 is 0 Å². The molecule has 2 rings (SSSR count). The third-order valence-corrected chi connectivity index (χ3v) is 4.62. The number of hydrogen-bond donors (Lipinski definition) is 2. The van der Waals surface area contributed by atoms with Crippen molar-refractivity contribution >= 4 is 39.9 Å². The summed E-state index contributed by atoms with van der Waals surface area (Å²) in [7, 11) is 0. The highest BCUT2D eigenvalue weighted by Crippen LogP contribution is 2.25. The van der Waals surface area contributed by atoms with Gasteiger partial charge < -0.3 is 10.6 Å². The summed E-state index contributed by atoms with van der Waals surface area (Å²) in [4.78, 5) is 12.1. The van der Waals surface area contributed by atoms with Gasteiger partial charge in [-0.05, 0) is 56.5 Å². The number of halogens is 2. The van der Waals surface area contributed by atoms with Crippen molar-refractivity contribution in [2.75, 3.05) is 18.4 Å². The molecule has 1 aliphatic rings. The van der Waals surface area contributed by atoms with Crippen molar-refractivity contribution in [2.45, 2.75) is 26.7 Å². The minimum atomic E-state index is 0. The van der Waals surface area contributed by atoms with Gasteiger partial charge in [0.05, 0.1) is 5.92 Å². The maximum absolute atomic E-state index is 12.1. The molecule has 1 unspecified atom stereocenters. The third kappa shape index (κ3) is 4.20. The van der Waals surface area contributed by atoms with Gasteiger partial charge in [0.15, 0.2) is 0 Å². The second-order valence-corrected chi connectivity index (χ2v) is 5.75. The van der Waals surface area contributed by atoms with Crippen LogP contribution < -0.4 is 10.6 Å². The van der Waals surface area contributed by atoms with Crippen LogP contribution in [0.25, 0.3) is 0 Å². The third-order valence-electron chi connectivity index (χ3n) is 3.37. The minimum absolute atomic E-state index is 0. The molecule has 0 radical (unpaired) electrons. The summed E-state index contributed by atoms with van der Waals surface area (Å²) in [6.07, 6.45) is 2.06. The van der Waals surface area contributed by atoms with E-state index in [9.17, 15) is 4.79 Å². The van der Waals surface area contributed by atoms with Gasteiger partial charge in [-0.1, -0.05) is 15.9 Å². The number of benzene rings is 1. The fourth-order valence-corrected chi connectivity index (χ4v) is 2.57. The fourth-order valence-electron chi connectivity index (χ4n) is 2.34. The molecule has 1 saturated heterocycles. The molecule has 106 valence electrons. The highest BCUT2D eigenvalue weighted by Gasteiger charge is 2.21. The molecule has 1 atom stereocenters. The Morgan fingerprint density at radius 3 is 2.53 bits per heavy atom. The van der Waals surface area contributed by atoms with Gasteiger partial charge in [0.25, 0.3) is 0 Å². The van der Waals surface area contributed by atoms with Gasteiger partial charge >= 0.3 is 0 Å². The normalized spacial score (nSPS) is 18.6. The van der Waals surface area contributed by atoms with Crippen molar-refractivity contribution in [1.29, 1.82) is 0 Å². The first kappa shape index (κ1) is 16.5. The van der Waals surface area contributed by atoms with E-state index in [1.54, 1.807) is 0 Å². The highest BCUT2D eigenvalue weighted by molar-refractivity contribution is 9.10. The summed E-state index contributed by atoms with van der Waals surface area (Å²) in [6.45, 7) is 5.89. The van der Waals surface area contributed by atoms with Crippen LogP contribution >= 0.6 is 28.3 Å². The van der Waals surface area contributed by atoms with E-state index in [2.05, 4.69) is 26.6 Å². The van der Waals surface area contributed by atoms with Crippen molar-refractivity contribution < 1.29 is 4.79 Å². The lowest BCUT2D eigenvalue weighted by Crippen LogP contribution is -2.37. The molecule has 0 spiro atoms. The number of piperidine rings is 1. The van der Waals surface area contributed by atoms with E-state index in [1.807, 2.05) is 26.0 Å². The van der Waals surface area contributed by atoms with E-state index in [0.717, 1.165) is 47.2 Å². The number of rotatable bonds is 2. The molecule has 1 amide bonds. The van der Waals surface area contributed by atoms with Crippen LogP contribution in [-0.2, 0) is 4.79 Å². The second kappa shape index (κ2) is 7.27. The van der Waals surface area contributed by atoms with Gasteiger partial charge in [-0.3, -0.25) is 4.79 Å². The van der Waals surface area contributed by atoms with E-state index >= 15 is 0 Å². The van der Waals surface area contributed by atoms with Crippen molar-refractivity contribution in [3.8, 4) is 0 Å². The maximum Gasteiger partial charge on any atom is 0.228 e. The molecule has 0 aliphatic carbocycles. The lowest BCUT2D eigenvalue weighted by atomic mass is 9.98. The van der Waals surface area contributed by atoms with Crippen molar-refractivity contribution in [1.82, 2.24) is 5.32 Å². The predicted octanol–water partition coefficient (Wildman–Crippen LogP) is 3.43. The summed E-state index contributed by atoms with van der Waals surface area (Å²) in [6, 6.07) is 4.01. The minimum Gasteiger partial charge on any atom is -0.326 e. The van der Waals surface area contributed by atoms with E-state index in [0.29, 0.717) is 0 Å². The fraction of sp³-hybridized carbons (Fsp3) is 0.500. The zero-order chi connectivity index (χ0) is 13.1. The first-order valence-corrected chi connectivity index (χ1v) is 7.15. The number of carbonyl (C=O) groups excluding carboxylic acids is 1. The van der Waals surface area contributed by atoms with E-state index in [4.69, 9.17) is 0 Å². The quantitative estimate of drug-likeness (QED) is 0.860. The molecule has 3 nitrogen and oxygen atoms in total. The van der Waals surface area contributed by atoms with Gasteiger partial charge in [-0.15, -0.1) is 12.4 Å². The smallest absolute Gasteiger partial charge is 0.228 e. The summed E-state index contributed by atoms with van der Waals surface area (Å²) < 4.78 is 1.11. The van der Waals surface area contributed by atoms with Gasteiger partial charge in [-0.25, -0.2) is 0 Å². The van der Waals surface area contributed by atoms with Gasteiger partial charge in [0, 0.05) is 16.7 Å². The lowest BCUT2D eigenvalue weighted by Gasteiger charge is -2.22. The van der Waals surface area contributed by atoms with Crippen LogP contribution in [0.2, 0.25) is 0 Å². The molecule has 1 aliphatic heterocycles. The van der Waals surface area contributed by atoms with Crippen LogP contribution in [0.5, 0.6) is 0 Å². The van der Waals surface area contributed by atoms with Gasteiger partial charge in [-0.2, -0.15) is 0 Å². The summed E-state index contributed by atoms with van der Waals surface area (Å²) in [5.41, 5.74) is 3.18. The number of nitrogens with one attached hydrogen (secondary N) is 2. The first-order chi connectivity index (χ1) is 8.58. The first-order valence-electron chi connectivity index (χ1n) is 6.36. The second-order valence-electron chi connectivity index (χ2n) is 4.96. The summed E-state index contributed by atoms with van der Waals surface area (Å²) in [5, 5.41) is 6.29. The number of amides is 1. The van der Waals surface area contributed by atoms with E-state index in [-0.39, 0.29) is 24.2 Å². The number of anilines is 1. The largest absolute Gasteiger partial charge is 0.326 e. The van der Waals surface area contributed by atoms with Crippen molar-refractivity contribution in [3.63, 3.8) is 0 Å². The Labute approximate surface area is 129 Å². The van der Waals surface area contributed by atoms with Crippen molar-refractivity contribution in [3.05, 3.63) is 27.7 Å². The van der Waals surface area contributed by atoms with Gasteiger partial charge in [0.2, 0.25) is 5.91 Å².